The van der Waals surface area contributed by atoms with Crippen LogP contribution in [0, 0.1) is 0 Å². The molecule has 4 nitrogen and oxygen atoms in total. The number of rotatable bonds is 11. The summed E-state index contributed by atoms with van der Waals surface area (Å²) in [5.41, 5.74) is 0. The summed E-state index contributed by atoms with van der Waals surface area (Å²) >= 11 is 0. The lowest BCUT2D eigenvalue weighted by Gasteiger charge is -2.23. The van der Waals surface area contributed by atoms with Gasteiger partial charge in [-0.15, -0.1) is 0 Å². The molecule has 1 aliphatic heterocycles. The first-order valence-electron chi connectivity index (χ1n) is 8.42. The van der Waals surface area contributed by atoms with Crippen LogP contribution in [0.5, 0.6) is 0 Å². The van der Waals surface area contributed by atoms with Crippen molar-refractivity contribution in [3.8, 4) is 0 Å². The van der Waals surface area contributed by atoms with Crippen molar-refractivity contribution in [1.82, 2.24) is 10.6 Å². The molecule has 1 aliphatic rings. The van der Waals surface area contributed by atoms with Crippen LogP contribution in [-0.2, 0) is 9.53 Å². The third kappa shape index (κ3) is 9.32. The average Bonchev–Trinajstić information content (AvgIpc) is 2.46. The van der Waals surface area contributed by atoms with Crippen LogP contribution < -0.4 is 10.6 Å². The molecule has 1 rings (SSSR count). The molecular weight excluding hydrogens is 252 g/mol. The number of carbonyl (C=O) groups excluding carboxylic acids is 1. The number of unbranched alkanes of at least 4 members (excludes halogenated alkanes) is 7. The summed E-state index contributed by atoms with van der Waals surface area (Å²) in [6, 6.07) is 0. The summed E-state index contributed by atoms with van der Waals surface area (Å²) < 4.78 is 5.52. The molecule has 1 unspecified atom stereocenters. The van der Waals surface area contributed by atoms with E-state index in [1.165, 1.54) is 44.9 Å². The molecule has 0 aliphatic carbocycles. The van der Waals surface area contributed by atoms with Crippen LogP contribution in [0.2, 0.25) is 0 Å². The van der Waals surface area contributed by atoms with Crippen molar-refractivity contribution < 1.29 is 9.53 Å². The number of morpholine rings is 1. The van der Waals surface area contributed by atoms with Crippen LogP contribution in [0.1, 0.15) is 64.7 Å². The van der Waals surface area contributed by atoms with E-state index < -0.39 is 0 Å². The van der Waals surface area contributed by atoms with Crippen LogP contribution in [0.3, 0.4) is 0 Å². The van der Waals surface area contributed by atoms with Crippen LogP contribution in [0.4, 0.5) is 0 Å². The van der Waals surface area contributed by atoms with E-state index in [9.17, 15) is 4.79 Å². The second-order valence-electron chi connectivity index (χ2n) is 5.73. The lowest BCUT2D eigenvalue weighted by Crippen LogP contribution is -2.41. The Morgan fingerprint density at radius 3 is 2.50 bits per heavy atom. The third-order valence-electron chi connectivity index (χ3n) is 3.77. The fourth-order valence-corrected chi connectivity index (χ4v) is 2.52. The molecule has 4 heteroatoms. The molecule has 20 heavy (non-hydrogen) atoms. The van der Waals surface area contributed by atoms with Gasteiger partial charge in [0.25, 0.3) is 0 Å². The van der Waals surface area contributed by atoms with Crippen LogP contribution in [-0.4, -0.2) is 38.3 Å². The Morgan fingerprint density at radius 2 is 1.85 bits per heavy atom. The number of carbonyl (C=O) groups is 1. The summed E-state index contributed by atoms with van der Waals surface area (Å²) in [5.74, 6) is 0.127. The van der Waals surface area contributed by atoms with E-state index in [4.69, 9.17) is 4.74 Å². The fourth-order valence-electron chi connectivity index (χ4n) is 2.52. The minimum absolute atomic E-state index is 0.0577. The monoisotopic (exact) mass is 284 g/mol. The molecule has 0 aromatic rings. The smallest absolute Gasteiger partial charge is 0.222 e. The molecular formula is C16H32N2O2. The molecule has 1 fully saturated rings. The van der Waals surface area contributed by atoms with Crippen molar-refractivity contribution in [2.24, 2.45) is 0 Å². The Hall–Kier alpha value is -0.610. The van der Waals surface area contributed by atoms with Crippen LogP contribution in [0.15, 0.2) is 0 Å². The van der Waals surface area contributed by atoms with Crippen molar-refractivity contribution >= 4 is 5.91 Å². The van der Waals surface area contributed by atoms with Crippen molar-refractivity contribution in [1.29, 1.82) is 0 Å². The lowest BCUT2D eigenvalue weighted by molar-refractivity contribution is -0.124. The van der Waals surface area contributed by atoms with Gasteiger partial charge in [-0.3, -0.25) is 4.79 Å². The zero-order valence-electron chi connectivity index (χ0n) is 13.1. The van der Waals surface area contributed by atoms with Gasteiger partial charge in [-0.2, -0.15) is 0 Å². The quantitative estimate of drug-likeness (QED) is 0.573. The average molecular weight is 284 g/mol. The maximum atomic E-state index is 11.7. The first-order chi connectivity index (χ1) is 9.83. The molecule has 1 heterocycles. The molecule has 0 saturated carbocycles. The van der Waals surface area contributed by atoms with Crippen LogP contribution >= 0.6 is 0 Å². The standard InChI is InChI=1S/C16H32N2O2/c1-2-3-4-5-6-7-8-9-10-18-16(19)13-15-14-17-11-12-20-15/h15,17H,2-14H2,1H3,(H,18,19). The Morgan fingerprint density at radius 1 is 1.15 bits per heavy atom. The SMILES string of the molecule is CCCCCCCCCCNC(=O)CC1CNCCO1. The maximum absolute atomic E-state index is 11.7. The molecule has 1 atom stereocenters. The second-order valence-corrected chi connectivity index (χ2v) is 5.73. The van der Waals surface area contributed by atoms with Gasteiger partial charge in [0, 0.05) is 19.6 Å². The summed E-state index contributed by atoms with van der Waals surface area (Å²) in [7, 11) is 0. The highest BCUT2D eigenvalue weighted by Crippen LogP contribution is 2.08. The van der Waals surface area contributed by atoms with Gasteiger partial charge in [-0.1, -0.05) is 51.9 Å². The van der Waals surface area contributed by atoms with Gasteiger partial charge in [-0.25, -0.2) is 0 Å². The zero-order valence-corrected chi connectivity index (χ0v) is 13.1. The van der Waals surface area contributed by atoms with E-state index in [0.717, 1.165) is 32.7 Å². The molecule has 0 radical (unpaired) electrons. The second kappa shape index (κ2) is 12.2. The molecule has 0 aromatic carbocycles. The van der Waals surface area contributed by atoms with Gasteiger partial charge in [0.2, 0.25) is 5.91 Å². The van der Waals surface area contributed by atoms with Gasteiger partial charge in [0.05, 0.1) is 19.1 Å². The Labute approximate surface area is 124 Å². The number of hydrogen-bond acceptors (Lipinski definition) is 3. The Balaban J connectivity index is 1.84. The summed E-state index contributed by atoms with van der Waals surface area (Å²) in [6.45, 7) is 5.47. The normalized spacial score (nSPS) is 18.9. The Bertz CT molecular complexity index is 241. The number of hydrogen-bond donors (Lipinski definition) is 2. The zero-order chi connectivity index (χ0) is 14.5. The van der Waals surface area contributed by atoms with Crippen molar-refractivity contribution in [3.63, 3.8) is 0 Å². The van der Waals surface area contributed by atoms with E-state index in [1.807, 2.05) is 0 Å². The molecule has 0 spiro atoms. The molecule has 0 aromatic heterocycles. The van der Waals surface area contributed by atoms with E-state index in [-0.39, 0.29) is 12.0 Å². The minimum Gasteiger partial charge on any atom is -0.375 e. The highest BCUT2D eigenvalue weighted by atomic mass is 16.5. The van der Waals surface area contributed by atoms with E-state index >= 15 is 0 Å². The van der Waals surface area contributed by atoms with Gasteiger partial charge in [0.15, 0.2) is 0 Å². The third-order valence-corrected chi connectivity index (χ3v) is 3.77. The molecule has 1 amide bonds. The predicted octanol–water partition coefficient (Wildman–Crippen LogP) is 2.62. The van der Waals surface area contributed by atoms with Gasteiger partial charge in [0.1, 0.15) is 0 Å². The lowest BCUT2D eigenvalue weighted by atomic mass is 10.1. The largest absolute Gasteiger partial charge is 0.375 e. The van der Waals surface area contributed by atoms with E-state index in [2.05, 4.69) is 17.6 Å². The number of amides is 1. The molecule has 1 saturated heterocycles. The number of nitrogens with one attached hydrogen (secondary N) is 2. The maximum Gasteiger partial charge on any atom is 0.222 e. The fraction of sp³-hybridized carbons (Fsp3) is 0.938. The number of ether oxygens (including phenoxy) is 1. The topological polar surface area (TPSA) is 50.4 Å². The van der Waals surface area contributed by atoms with E-state index in [1.54, 1.807) is 0 Å². The summed E-state index contributed by atoms with van der Waals surface area (Å²) in [4.78, 5) is 11.7. The molecule has 2 N–H and O–H groups in total. The van der Waals surface area contributed by atoms with Gasteiger partial charge < -0.3 is 15.4 Å². The molecule has 118 valence electrons. The first-order valence-corrected chi connectivity index (χ1v) is 8.42. The minimum atomic E-state index is 0.0577. The van der Waals surface area contributed by atoms with Crippen molar-refractivity contribution in [2.45, 2.75) is 70.8 Å². The highest BCUT2D eigenvalue weighted by Gasteiger charge is 2.16. The highest BCUT2D eigenvalue weighted by molar-refractivity contribution is 5.76. The van der Waals surface area contributed by atoms with Crippen molar-refractivity contribution in [2.75, 3.05) is 26.2 Å². The van der Waals surface area contributed by atoms with E-state index in [0.29, 0.717) is 6.42 Å². The summed E-state index contributed by atoms with van der Waals surface area (Å²) in [6.07, 6.45) is 10.9. The van der Waals surface area contributed by atoms with Crippen LogP contribution in [0.25, 0.3) is 0 Å². The van der Waals surface area contributed by atoms with Crippen molar-refractivity contribution in [3.05, 3.63) is 0 Å². The predicted molar refractivity (Wildman–Crippen MR) is 82.8 cm³/mol. The summed E-state index contributed by atoms with van der Waals surface area (Å²) in [5, 5.41) is 6.23. The van der Waals surface area contributed by atoms with Gasteiger partial charge >= 0.3 is 0 Å². The molecule has 0 bridgehead atoms. The van der Waals surface area contributed by atoms with Gasteiger partial charge in [-0.05, 0) is 6.42 Å². The Kier molecular flexibility index (Phi) is 10.6. The first kappa shape index (κ1) is 17.4.